The van der Waals surface area contributed by atoms with Crippen LogP contribution in [0.15, 0.2) is 36.8 Å². The number of hydrogen-bond acceptors (Lipinski definition) is 5. The number of nitrogens with one attached hydrogen (secondary N) is 1. The number of halogens is 4. The van der Waals surface area contributed by atoms with E-state index < -0.39 is 37.6 Å². The van der Waals surface area contributed by atoms with E-state index in [2.05, 4.69) is 25.3 Å². The van der Waals surface area contributed by atoms with Crippen LogP contribution in [0.2, 0.25) is 0 Å². The highest BCUT2D eigenvalue weighted by atomic mass is 19.4. The number of H-pyrrole nitrogens is 1. The lowest BCUT2D eigenvalue weighted by Gasteiger charge is -2.36. The molecule has 4 aromatic rings. The minimum atomic E-state index is -5.19. The molecule has 5 rings (SSSR count). The molecule has 7 nitrogen and oxygen atoms in total. The maximum atomic E-state index is 13.9. The normalized spacial score (nSPS) is 21.1. The van der Waals surface area contributed by atoms with Crippen molar-refractivity contribution < 1.29 is 26.4 Å². The molecule has 0 bridgehead atoms. The summed E-state index contributed by atoms with van der Waals surface area (Å²) in [6.45, 7) is -5.27. The van der Waals surface area contributed by atoms with Crippen molar-refractivity contribution in [3.63, 3.8) is 0 Å². The molecule has 11 heteroatoms. The van der Waals surface area contributed by atoms with Crippen molar-refractivity contribution in [2.24, 2.45) is 0 Å². The van der Waals surface area contributed by atoms with Crippen molar-refractivity contribution in [2.75, 3.05) is 0 Å². The third-order valence-electron chi connectivity index (χ3n) is 4.94. The summed E-state index contributed by atoms with van der Waals surface area (Å²) in [4.78, 5) is 8.18. The van der Waals surface area contributed by atoms with Crippen LogP contribution < -0.4 is 0 Å². The largest absolute Gasteiger partial charge is 0.419 e. The van der Waals surface area contributed by atoms with Crippen LogP contribution in [0, 0.1) is 5.82 Å². The maximum absolute atomic E-state index is 13.9. The minimum absolute atomic E-state index is 0.144. The average Bonchev–Trinajstić information content (AvgIpc) is 3.36. The molecule has 1 N–H and O–H groups in total. The van der Waals surface area contributed by atoms with E-state index in [0.29, 0.717) is 22.2 Å². The zero-order chi connectivity index (χ0) is 23.6. The van der Waals surface area contributed by atoms with Crippen LogP contribution in [0.25, 0.3) is 33.5 Å². The van der Waals surface area contributed by atoms with Gasteiger partial charge in [-0.1, -0.05) is 0 Å². The molecule has 0 radical (unpaired) electrons. The number of nitrogens with zero attached hydrogens (tertiary/aromatic N) is 5. The number of pyridine rings is 2. The van der Waals surface area contributed by atoms with Crippen LogP contribution in [0.5, 0.6) is 0 Å². The third-order valence-corrected chi connectivity index (χ3v) is 4.94. The fourth-order valence-corrected chi connectivity index (χ4v) is 3.44. The number of aromatic nitrogens is 6. The first-order chi connectivity index (χ1) is 15.5. The Morgan fingerprint density at radius 3 is 2.83 bits per heavy atom. The first kappa shape index (κ1) is 15.5. The molecule has 0 aromatic carbocycles. The zero-order valence-electron chi connectivity index (χ0n) is 18.0. The van der Waals surface area contributed by atoms with Crippen molar-refractivity contribution in [1.82, 2.24) is 29.9 Å². The summed E-state index contributed by atoms with van der Waals surface area (Å²) in [5.74, 6) is -0.604. The molecule has 1 aliphatic rings. The molecular formula is C19H14F4N6O. The van der Waals surface area contributed by atoms with Crippen LogP contribution in [0.4, 0.5) is 17.6 Å². The van der Waals surface area contributed by atoms with Crippen molar-refractivity contribution in [3.8, 4) is 22.5 Å². The fraction of sp³-hybridized carbons (Fsp3) is 0.263. The van der Waals surface area contributed by atoms with Gasteiger partial charge < -0.3 is 4.74 Å². The Labute approximate surface area is 170 Å². The molecule has 0 spiro atoms. The molecule has 154 valence electrons. The highest BCUT2D eigenvalue weighted by Gasteiger charge is 2.55. The van der Waals surface area contributed by atoms with Gasteiger partial charge in [0.2, 0.25) is 0 Å². The van der Waals surface area contributed by atoms with Crippen LogP contribution in [0.1, 0.15) is 16.7 Å². The monoisotopic (exact) mass is 421 g/mol. The second kappa shape index (κ2) is 6.33. The summed E-state index contributed by atoms with van der Waals surface area (Å²) >= 11 is 0. The summed E-state index contributed by atoms with van der Waals surface area (Å²) in [6.07, 6.45) is -1.26. The van der Waals surface area contributed by atoms with Gasteiger partial charge >= 0.3 is 6.18 Å². The standard InChI is InChI=1S/C19H14F4N6O/c1-18(19(21,22)23)9-29-14(8-30-18)15(11-4-5-24-17-12(11)7-26-27-17)16(28-29)13-3-2-10(20)6-25-13/h2-7H,8-9H2,1H3,(H,24,26,27)/t18-/m0/s1/i1D3. The number of rotatable bonds is 2. The quantitative estimate of drug-likeness (QED) is 0.497. The van der Waals surface area contributed by atoms with Gasteiger partial charge in [-0.25, -0.2) is 9.37 Å². The molecule has 0 saturated carbocycles. The topological polar surface area (TPSA) is 81.5 Å². The molecule has 0 unspecified atom stereocenters. The van der Waals surface area contributed by atoms with E-state index in [0.717, 1.165) is 16.9 Å². The van der Waals surface area contributed by atoms with Crippen molar-refractivity contribution >= 4 is 11.0 Å². The van der Waals surface area contributed by atoms with Gasteiger partial charge in [0.1, 0.15) is 11.5 Å². The molecule has 5 heterocycles. The summed E-state index contributed by atoms with van der Waals surface area (Å²) < 4.78 is 84.0. The summed E-state index contributed by atoms with van der Waals surface area (Å²) in [7, 11) is 0. The fourth-order valence-electron chi connectivity index (χ4n) is 3.44. The Bertz CT molecular complexity index is 1330. The summed E-state index contributed by atoms with van der Waals surface area (Å²) in [6, 6.07) is 4.10. The lowest BCUT2D eigenvalue weighted by atomic mass is 9.98. The lowest BCUT2D eigenvalue weighted by Crippen LogP contribution is -2.51. The van der Waals surface area contributed by atoms with Crippen LogP contribution in [-0.4, -0.2) is 41.7 Å². The Morgan fingerprint density at radius 2 is 2.10 bits per heavy atom. The Balaban J connectivity index is 1.77. The van der Waals surface area contributed by atoms with Gasteiger partial charge in [0, 0.05) is 26.8 Å². The average molecular weight is 421 g/mol. The van der Waals surface area contributed by atoms with Gasteiger partial charge in [0.05, 0.1) is 36.9 Å². The van der Waals surface area contributed by atoms with E-state index in [-0.39, 0.29) is 17.1 Å². The number of ether oxygens (including phenoxy) is 1. The summed E-state index contributed by atoms with van der Waals surface area (Å²) in [5, 5.41) is 11.5. The van der Waals surface area contributed by atoms with Crippen LogP contribution >= 0.6 is 0 Å². The van der Waals surface area contributed by atoms with Crippen LogP contribution in [-0.2, 0) is 17.9 Å². The van der Waals surface area contributed by atoms with E-state index in [4.69, 9.17) is 8.85 Å². The molecular weight excluding hydrogens is 404 g/mol. The van der Waals surface area contributed by atoms with Crippen molar-refractivity contribution in [2.45, 2.75) is 31.8 Å². The van der Waals surface area contributed by atoms with E-state index in [1.54, 1.807) is 6.07 Å². The number of aromatic amines is 1. The van der Waals surface area contributed by atoms with Crippen molar-refractivity contribution in [1.29, 1.82) is 0 Å². The highest BCUT2D eigenvalue weighted by molar-refractivity contribution is 5.97. The Morgan fingerprint density at radius 1 is 1.23 bits per heavy atom. The third kappa shape index (κ3) is 2.76. The molecule has 0 amide bonds. The first-order valence-electron chi connectivity index (χ1n) is 10.2. The van der Waals surface area contributed by atoms with Gasteiger partial charge in [-0.3, -0.25) is 14.8 Å². The van der Waals surface area contributed by atoms with E-state index in [9.17, 15) is 17.6 Å². The van der Waals surface area contributed by atoms with E-state index >= 15 is 0 Å². The number of fused-ring (bicyclic) bond motifs is 2. The smallest absolute Gasteiger partial charge is 0.358 e. The predicted octanol–water partition coefficient (Wildman–Crippen LogP) is 3.87. The zero-order valence-corrected chi connectivity index (χ0v) is 15.0. The molecule has 1 atom stereocenters. The Hall–Kier alpha value is -3.34. The highest BCUT2D eigenvalue weighted by Crippen LogP contribution is 2.43. The number of alkyl halides is 3. The van der Waals surface area contributed by atoms with Crippen molar-refractivity contribution in [3.05, 3.63) is 48.3 Å². The molecule has 30 heavy (non-hydrogen) atoms. The molecule has 4 aromatic heterocycles. The van der Waals surface area contributed by atoms with Crippen LogP contribution in [0.3, 0.4) is 0 Å². The van der Waals surface area contributed by atoms with Gasteiger partial charge in [-0.05, 0) is 25.1 Å². The van der Waals surface area contributed by atoms with E-state index in [1.807, 2.05) is 0 Å². The maximum Gasteiger partial charge on any atom is 0.419 e. The van der Waals surface area contributed by atoms with Gasteiger partial charge in [0.15, 0.2) is 11.2 Å². The van der Waals surface area contributed by atoms with Gasteiger partial charge in [0.25, 0.3) is 0 Å². The lowest BCUT2D eigenvalue weighted by molar-refractivity contribution is -0.287. The molecule has 1 aliphatic heterocycles. The van der Waals surface area contributed by atoms with Gasteiger partial charge in [-0.2, -0.15) is 23.4 Å². The Kier molecular flexibility index (Phi) is 3.27. The molecule has 0 saturated heterocycles. The second-order valence-corrected chi connectivity index (χ2v) is 6.79. The SMILES string of the molecule is [2H]C([2H])([2H])[C@@]1(C(F)(F)F)Cn2nc(-c3ccc(F)cn3)c(-c3ccnc4[nH]ncc34)c2CO1. The van der Waals surface area contributed by atoms with E-state index in [1.165, 1.54) is 18.5 Å². The predicted molar refractivity (Wildman–Crippen MR) is 97.5 cm³/mol. The van der Waals surface area contributed by atoms with Gasteiger partial charge in [-0.15, -0.1) is 0 Å². The number of hydrogen-bond donors (Lipinski definition) is 1. The molecule has 0 fully saturated rings. The second-order valence-electron chi connectivity index (χ2n) is 6.79. The summed E-state index contributed by atoms with van der Waals surface area (Å²) in [5.41, 5.74) is -1.58. The minimum Gasteiger partial charge on any atom is -0.358 e. The molecule has 0 aliphatic carbocycles. The first-order valence-corrected chi connectivity index (χ1v) is 8.72.